The van der Waals surface area contributed by atoms with Crippen molar-refractivity contribution in [3.8, 4) is 0 Å². The number of hydrogen-bond acceptors (Lipinski definition) is 4. The predicted octanol–water partition coefficient (Wildman–Crippen LogP) is 1.60. The van der Waals surface area contributed by atoms with Crippen LogP contribution in [0.2, 0.25) is 0 Å². The van der Waals surface area contributed by atoms with Crippen LogP contribution in [0.4, 0.5) is 11.4 Å². The van der Waals surface area contributed by atoms with Crippen LogP contribution in [-0.4, -0.2) is 21.0 Å². The molecule has 20 heavy (non-hydrogen) atoms. The van der Waals surface area contributed by atoms with Gasteiger partial charge in [-0.25, -0.2) is 13.6 Å². The summed E-state index contributed by atoms with van der Waals surface area (Å²) in [6, 6.07) is 3.87. The van der Waals surface area contributed by atoms with Crippen LogP contribution in [-0.2, 0) is 10.0 Å². The zero-order valence-electron chi connectivity index (χ0n) is 11.7. The maximum absolute atomic E-state index is 11.7. The molecular formula is C14H21N3O2S. The van der Waals surface area contributed by atoms with Crippen LogP contribution in [0.15, 0.2) is 17.0 Å². The Bertz CT molecular complexity index is 634. The molecule has 0 unspecified atom stereocenters. The first-order valence-corrected chi connectivity index (χ1v) is 8.60. The number of benzene rings is 1. The van der Waals surface area contributed by atoms with Gasteiger partial charge in [-0.2, -0.15) is 0 Å². The first-order valence-electron chi connectivity index (χ1n) is 7.06. The molecule has 1 aromatic rings. The van der Waals surface area contributed by atoms with Crippen LogP contribution in [0.25, 0.3) is 0 Å². The molecule has 0 saturated heterocycles. The summed E-state index contributed by atoms with van der Waals surface area (Å²) in [6.07, 6.45) is 4.89. The second-order valence-corrected chi connectivity index (χ2v) is 7.56. The lowest BCUT2D eigenvalue weighted by Gasteiger charge is -2.27. The summed E-state index contributed by atoms with van der Waals surface area (Å²) < 4.78 is 23.4. The number of primary sulfonamides is 1. The van der Waals surface area contributed by atoms with Gasteiger partial charge < -0.3 is 10.6 Å². The van der Waals surface area contributed by atoms with Gasteiger partial charge in [-0.15, -0.1) is 0 Å². The van der Waals surface area contributed by atoms with Crippen molar-refractivity contribution >= 4 is 21.4 Å². The highest BCUT2D eigenvalue weighted by Gasteiger charge is 2.35. The molecule has 2 aliphatic rings. The van der Waals surface area contributed by atoms with Crippen LogP contribution in [0.1, 0.15) is 31.2 Å². The summed E-state index contributed by atoms with van der Waals surface area (Å²) in [5, 5.41) is 5.30. The van der Waals surface area contributed by atoms with Crippen molar-refractivity contribution in [2.24, 2.45) is 11.1 Å². The Hall–Kier alpha value is -1.27. The Morgan fingerprint density at radius 2 is 1.90 bits per heavy atom. The number of rotatable bonds is 5. The molecule has 0 radical (unpaired) electrons. The molecule has 1 aromatic carbocycles. The minimum Gasteiger partial charge on any atom is -0.399 e. The van der Waals surface area contributed by atoms with E-state index in [0.29, 0.717) is 17.3 Å². The SMILES string of the molecule is Cc1c(N(CC2CC2)C2CC2)cc(N)cc1S(N)(=O)=O. The lowest BCUT2D eigenvalue weighted by atomic mass is 10.1. The fourth-order valence-corrected chi connectivity index (χ4v) is 3.53. The molecule has 2 fully saturated rings. The van der Waals surface area contributed by atoms with Crippen LogP contribution in [0.5, 0.6) is 0 Å². The quantitative estimate of drug-likeness (QED) is 0.807. The third kappa shape index (κ3) is 2.76. The van der Waals surface area contributed by atoms with Crippen molar-refractivity contribution in [1.82, 2.24) is 0 Å². The zero-order valence-corrected chi connectivity index (χ0v) is 12.5. The fourth-order valence-electron chi connectivity index (χ4n) is 2.70. The first kappa shape index (κ1) is 13.7. The lowest BCUT2D eigenvalue weighted by Crippen LogP contribution is -2.29. The van der Waals surface area contributed by atoms with E-state index in [-0.39, 0.29) is 4.90 Å². The molecule has 0 amide bonds. The summed E-state index contributed by atoms with van der Waals surface area (Å²) in [6.45, 7) is 2.82. The van der Waals surface area contributed by atoms with Crippen molar-refractivity contribution in [3.05, 3.63) is 17.7 Å². The highest BCUT2D eigenvalue weighted by molar-refractivity contribution is 7.89. The predicted molar refractivity (Wildman–Crippen MR) is 80.1 cm³/mol. The van der Waals surface area contributed by atoms with E-state index in [9.17, 15) is 8.42 Å². The largest absolute Gasteiger partial charge is 0.399 e. The molecule has 3 rings (SSSR count). The van der Waals surface area contributed by atoms with Crippen LogP contribution in [0, 0.1) is 12.8 Å². The summed E-state index contributed by atoms with van der Waals surface area (Å²) >= 11 is 0. The van der Waals surface area contributed by atoms with Gasteiger partial charge in [-0.05, 0) is 56.2 Å². The minimum absolute atomic E-state index is 0.147. The Labute approximate surface area is 120 Å². The summed E-state index contributed by atoms with van der Waals surface area (Å²) in [5.74, 6) is 0.745. The number of nitrogens with zero attached hydrogens (tertiary/aromatic N) is 1. The van der Waals surface area contributed by atoms with Gasteiger partial charge in [0.25, 0.3) is 0 Å². The average Bonchev–Trinajstić information content (AvgIpc) is 3.21. The topological polar surface area (TPSA) is 89.4 Å². The van der Waals surface area contributed by atoms with Crippen molar-refractivity contribution in [2.45, 2.75) is 43.5 Å². The number of anilines is 2. The van der Waals surface area contributed by atoms with Gasteiger partial charge in [-0.1, -0.05) is 0 Å². The Balaban J connectivity index is 2.04. The van der Waals surface area contributed by atoms with Crippen LogP contribution < -0.4 is 15.8 Å². The third-order valence-electron chi connectivity index (χ3n) is 4.11. The summed E-state index contributed by atoms with van der Waals surface area (Å²) in [5.41, 5.74) is 7.99. The average molecular weight is 295 g/mol. The van der Waals surface area contributed by atoms with Crippen molar-refractivity contribution in [2.75, 3.05) is 17.2 Å². The molecule has 0 atom stereocenters. The number of nitrogens with two attached hydrogens (primary N) is 2. The highest BCUT2D eigenvalue weighted by atomic mass is 32.2. The van der Waals surface area contributed by atoms with Crippen molar-refractivity contribution in [3.63, 3.8) is 0 Å². The van der Waals surface area contributed by atoms with E-state index in [1.165, 1.54) is 31.7 Å². The standard InChI is InChI=1S/C14H21N3O2S/c1-9-13(6-11(15)7-14(9)20(16,18)19)17(12-4-5-12)8-10-2-3-10/h6-7,10,12H,2-5,8,15H2,1H3,(H2,16,18,19). The van der Waals surface area contributed by atoms with E-state index in [1.807, 2.05) is 13.0 Å². The summed E-state index contributed by atoms with van der Waals surface area (Å²) in [4.78, 5) is 2.48. The van der Waals surface area contributed by atoms with Gasteiger partial charge in [0.15, 0.2) is 0 Å². The summed E-state index contributed by atoms with van der Waals surface area (Å²) in [7, 11) is -3.74. The highest BCUT2D eigenvalue weighted by Crippen LogP contribution is 2.40. The second-order valence-electron chi connectivity index (χ2n) is 6.04. The van der Waals surface area contributed by atoms with Crippen molar-refractivity contribution in [1.29, 1.82) is 0 Å². The Kier molecular flexibility index (Phi) is 3.17. The van der Waals surface area contributed by atoms with Crippen molar-refractivity contribution < 1.29 is 8.42 Å². The van der Waals surface area contributed by atoms with E-state index in [1.54, 1.807) is 0 Å². The van der Waals surface area contributed by atoms with Gasteiger partial charge in [-0.3, -0.25) is 0 Å². The fraction of sp³-hybridized carbons (Fsp3) is 0.571. The zero-order chi connectivity index (χ0) is 14.5. The van der Waals surface area contributed by atoms with Crippen LogP contribution >= 0.6 is 0 Å². The lowest BCUT2D eigenvalue weighted by molar-refractivity contribution is 0.597. The van der Waals surface area contributed by atoms with Gasteiger partial charge in [0.2, 0.25) is 10.0 Å². The minimum atomic E-state index is -3.74. The monoisotopic (exact) mass is 295 g/mol. The maximum Gasteiger partial charge on any atom is 0.238 e. The van der Waals surface area contributed by atoms with E-state index in [4.69, 9.17) is 10.9 Å². The number of nitrogen functional groups attached to an aromatic ring is 1. The molecule has 0 spiro atoms. The Morgan fingerprint density at radius 1 is 1.25 bits per heavy atom. The van der Waals surface area contributed by atoms with Gasteiger partial charge in [0.1, 0.15) is 0 Å². The molecule has 0 aliphatic heterocycles. The first-order chi connectivity index (χ1) is 9.36. The second kappa shape index (κ2) is 4.63. The van der Waals surface area contributed by atoms with Gasteiger partial charge in [0.05, 0.1) is 4.90 Å². The Morgan fingerprint density at radius 3 is 2.40 bits per heavy atom. The maximum atomic E-state index is 11.7. The molecule has 2 aliphatic carbocycles. The third-order valence-corrected chi connectivity index (χ3v) is 5.15. The van der Waals surface area contributed by atoms with E-state index < -0.39 is 10.0 Å². The molecular weight excluding hydrogens is 274 g/mol. The number of hydrogen-bond donors (Lipinski definition) is 2. The van der Waals surface area contributed by atoms with Crippen LogP contribution in [0.3, 0.4) is 0 Å². The molecule has 110 valence electrons. The molecule has 2 saturated carbocycles. The molecule has 0 bridgehead atoms. The molecule has 4 N–H and O–H groups in total. The normalized spacial score (nSPS) is 19.1. The van der Waals surface area contributed by atoms with Gasteiger partial charge >= 0.3 is 0 Å². The molecule has 6 heteroatoms. The van der Waals surface area contributed by atoms with Gasteiger partial charge in [0, 0.05) is 24.0 Å². The number of sulfonamides is 1. The molecule has 0 heterocycles. The van der Waals surface area contributed by atoms with E-state index in [0.717, 1.165) is 18.2 Å². The smallest absolute Gasteiger partial charge is 0.238 e. The van der Waals surface area contributed by atoms with E-state index >= 15 is 0 Å². The molecule has 0 aromatic heterocycles. The van der Waals surface area contributed by atoms with E-state index in [2.05, 4.69) is 4.90 Å². The molecule has 5 nitrogen and oxygen atoms in total.